The van der Waals surface area contributed by atoms with Crippen LogP contribution in [0.3, 0.4) is 0 Å². The molecule has 0 unspecified atom stereocenters. The average Bonchev–Trinajstić information content (AvgIpc) is 2.05. The van der Waals surface area contributed by atoms with E-state index in [1.807, 2.05) is 0 Å². The fourth-order valence-corrected chi connectivity index (χ4v) is 2.47. The van der Waals surface area contributed by atoms with Gasteiger partial charge >= 0.3 is 5.43 Å². The molecule has 0 aliphatic heterocycles. The summed E-state index contributed by atoms with van der Waals surface area (Å²) in [5.41, 5.74) is -1.01. The Hall–Kier alpha value is 0.240. The van der Waals surface area contributed by atoms with Crippen LogP contribution < -0.4 is 0 Å². The molecule has 2 nitrogen and oxygen atoms in total. The van der Waals surface area contributed by atoms with E-state index in [0.29, 0.717) is 5.33 Å². The topological polar surface area (TPSA) is 26.3 Å². The Kier molecular flexibility index (Phi) is 3.84. The molecule has 0 N–H and O–H groups in total. The van der Waals surface area contributed by atoms with Gasteiger partial charge in [0.15, 0.2) is 0 Å². The second kappa shape index (κ2) is 4.47. The van der Waals surface area contributed by atoms with Crippen molar-refractivity contribution < 1.29 is 9.53 Å². The molecule has 0 aromatic rings. The summed E-state index contributed by atoms with van der Waals surface area (Å²) in [6.07, 6.45) is 5.33. The largest absolute Gasteiger partial charge is 0.446 e. The highest BCUT2D eigenvalue weighted by molar-refractivity contribution is 9.09. The molecule has 12 heavy (non-hydrogen) atoms. The summed E-state index contributed by atoms with van der Waals surface area (Å²) >= 11 is 8.56. The van der Waals surface area contributed by atoms with Crippen LogP contribution in [-0.2, 0) is 4.74 Å². The molecule has 70 valence electrons. The number of carbonyl (C=O) groups is 1. The molecule has 0 radical (unpaired) electrons. The molecule has 0 saturated heterocycles. The van der Waals surface area contributed by atoms with Gasteiger partial charge in [-0.2, -0.15) is 0 Å². The number of alkyl halides is 1. The van der Waals surface area contributed by atoms with Gasteiger partial charge in [-0.3, -0.25) is 0 Å². The molecular formula is C8H12BrClO2. The molecule has 4 heteroatoms. The summed E-state index contributed by atoms with van der Waals surface area (Å²) in [7, 11) is 0. The van der Waals surface area contributed by atoms with Crippen LogP contribution in [0.1, 0.15) is 32.1 Å². The molecule has 1 aliphatic rings. The molecule has 1 rings (SSSR count). The zero-order chi connectivity index (χ0) is 9.03. The van der Waals surface area contributed by atoms with Crippen LogP contribution in [0.15, 0.2) is 0 Å². The van der Waals surface area contributed by atoms with Gasteiger partial charge in [0.2, 0.25) is 0 Å². The summed E-state index contributed by atoms with van der Waals surface area (Å²) in [6, 6.07) is 0. The normalized spacial score (nSPS) is 21.8. The molecule has 0 spiro atoms. The van der Waals surface area contributed by atoms with Crippen molar-refractivity contribution in [3.63, 3.8) is 0 Å². The van der Waals surface area contributed by atoms with Crippen molar-refractivity contribution in [2.75, 3.05) is 5.33 Å². The maximum Gasteiger partial charge on any atom is 0.404 e. The highest BCUT2D eigenvalue weighted by Gasteiger charge is 2.34. The maximum absolute atomic E-state index is 10.6. The Balaban J connectivity index is 2.53. The summed E-state index contributed by atoms with van der Waals surface area (Å²) in [6.45, 7) is 0. The first kappa shape index (κ1) is 10.3. The molecule has 0 aromatic carbocycles. The van der Waals surface area contributed by atoms with E-state index >= 15 is 0 Å². The Morgan fingerprint density at radius 1 is 1.42 bits per heavy atom. The first-order chi connectivity index (χ1) is 5.68. The predicted octanol–water partition coefficient (Wildman–Crippen LogP) is 3.46. The SMILES string of the molecule is O=C(Cl)OC1(CBr)CCCCC1. The van der Waals surface area contributed by atoms with Gasteiger partial charge in [0.25, 0.3) is 0 Å². The third-order valence-electron chi connectivity index (χ3n) is 2.31. The molecule has 0 heterocycles. The van der Waals surface area contributed by atoms with E-state index in [2.05, 4.69) is 15.9 Å². The Morgan fingerprint density at radius 3 is 2.42 bits per heavy atom. The van der Waals surface area contributed by atoms with Crippen molar-refractivity contribution in [2.45, 2.75) is 37.7 Å². The van der Waals surface area contributed by atoms with Crippen molar-refractivity contribution in [1.82, 2.24) is 0 Å². The van der Waals surface area contributed by atoms with E-state index in [0.717, 1.165) is 25.7 Å². The molecule has 0 atom stereocenters. The average molecular weight is 256 g/mol. The number of carbonyl (C=O) groups excluding carboxylic acids is 1. The first-order valence-corrected chi connectivity index (χ1v) is 5.63. The minimum atomic E-state index is -0.684. The zero-order valence-corrected chi connectivity index (χ0v) is 9.16. The van der Waals surface area contributed by atoms with Crippen molar-refractivity contribution in [1.29, 1.82) is 0 Å². The number of halogens is 2. The molecule has 1 fully saturated rings. The fourth-order valence-electron chi connectivity index (χ4n) is 1.63. The second-order valence-corrected chi connectivity index (χ2v) is 4.09. The molecule has 0 bridgehead atoms. The first-order valence-electron chi connectivity index (χ1n) is 4.13. The van der Waals surface area contributed by atoms with E-state index in [4.69, 9.17) is 16.3 Å². The Bertz CT molecular complexity index is 166. The van der Waals surface area contributed by atoms with Gasteiger partial charge in [0.05, 0.1) is 0 Å². The minimum absolute atomic E-state index is 0.322. The number of hydrogen-bond acceptors (Lipinski definition) is 2. The summed E-state index contributed by atoms with van der Waals surface area (Å²) < 4.78 is 5.11. The van der Waals surface area contributed by atoms with Crippen LogP contribution in [0.5, 0.6) is 0 Å². The van der Waals surface area contributed by atoms with Gasteiger partial charge in [0, 0.05) is 16.9 Å². The molecule has 0 aromatic heterocycles. The van der Waals surface area contributed by atoms with Crippen LogP contribution in [-0.4, -0.2) is 16.4 Å². The molecular weight excluding hydrogens is 243 g/mol. The van der Waals surface area contributed by atoms with E-state index in [1.54, 1.807) is 0 Å². The molecule has 0 amide bonds. The minimum Gasteiger partial charge on any atom is -0.446 e. The van der Waals surface area contributed by atoms with Crippen LogP contribution in [0.25, 0.3) is 0 Å². The fraction of sp³-hybridized carbons (Fsp3) is 0.875. The molecule has 1 aliphatic carbocycles. The number of ether oxygens (including phenoxy) is 1. The lowest BCUT2D eigenvalue weighted by Crippen LogP contribution is -2.37. The highest BCUT2D eigenvalue weighted by atomic mass is 79.9. The molecule has 1 saturated carbocycles. The van der Waals surface area contributed by atoms with Crippen molar-refractivity contribution in [3.05, 3.63) is 0 Å². The van der Waals surface area contributed by atoms with Gasteiger partial charge in [-0.1, -0.05) is 22.4 Å². The van der Waals surface area contributed by atoms with Gasteiger partial charge < -0.3 is 4.74 Å². The number of rotatable bonds is 2. The Labute approximate surface area is 85.7 Å². The summed E-state index contributed by atoms with van der Waals surface area (Å²) in [5.74, 6) is 0. The lowest BCUT2D eigenvalue weighted by Gasteiger charge is -2.34. The van der Waals surface area contributed by atoms with E-state index < -0.39 is 5.43 Å². The third kappa shape index (κ3) is 2.63. The number of hydrogen-bond donors (Lipinski definition) is 0. The van der Waals surface area contributed by atoms with Gasteiger partial charge in [-0.25, -0.2) is 4.79 Å². The lowest BCUT2D eigenvalue weighted by atomic mass is 9.86. The van der Waals surface area contributed by atoms with Crippen LogP contribution in [0.4, 0.5) is 4.79 Å². The van der Waals surface area contributed by atoms with Gasteiger partial charge in [-0.05, 0) is 25.7 Å². The van der Waals surface area contributed by atoms with Crippen LogP contribution in [0.2, 0.25) is 0 Å². The predicted molar refractivity (Wildman–Crippen MR) is 51.9 cm³/mol. The van der Waals surface area contributed by atoms with Gasteiger partial charge in [-0.15, -0.1) is 0 Å². The van der Waals surface area contributed by atoms with Crippen molar-refractivity contribution in [3.8, 4) is 0 Å². The Morgan fingerprint density at radius 2 is 2.00 bits per heavy atom. The lowest BCUT2D eigenvalue weighted by molar-refractivity contribution is 0.0171. The quantitative estimate of drug-likeness (QED) is 0.558. The smallest absolute Gasteiger partial charge is 0.404 e. The van der Waals surface area contributed by atoms with E-state index in [-0.39, 0.29) is 5.60 Å². The summed E-state index contributed by atoms with van der Waals surface area (Å²) in [4.78, 5) is 10.6. The standard InChI is InChI=1S/C8H12BrClO2/c9-6-8(12-7(10)11)4-2-1-3-5-8/h1-6H2. The van der Waals surface area contributed by atoms with Gasteiger partial charge in [0.1, 0.15) is 5.60 Å². The summed E-state index contributed by atoms with van der Waals surface area (Å²) in [5, 5.41) is 0.693. The van der Waals surface area contributed by atoms with Crippen LogP contribution in [0, 0.1) is 0 Å². The second-order valence-electron chi connectivity index (χ2n) is 3.22. The van der Waals surface area contributed by atoms with Crippen molar-refractivity contribution in [2.24, 2.45) is 0 Å². The van der Waals surface area contributed by atoms with E-state index in [9.17, 15) is 4.79 Å². The zero-order valence-electron chi connectivity index (χ0n) is 6.82. The highest BCUT2D eigenvalue weighted by Crippen LogP contribution is 2.33. The van der Waals surface area contributed by atoms with E-state index in [1.165, 1.54) is 6.42 Å². The maximum atomic E-state index is 10.6. The third-order valence-corrected chi connectivity index (χ3v) is 3.40. The van der Waals surface area contributed by atoms with Crippen LogP contribution >= 0.6 is 27.5 Å². The monoisotopic (exact) mass is 254 g/mol. The van der Waals surface area contributed by atoms with Crippen molar-refractivity contribution >= 4 is 33.0 Å².